The molecule has 1 aliphatic rings. The average Bonchev–Trinajstić information content (AvgIpc) is 2.73. The highest BCUT2D eigenvalue weighted by atomic mass is 16.6. The van der Waals surface area contributed by atoms with Crippen LogP contribution in [0, 0.1) is 0 Å². The number of allylic oxidation sites excluding steroid dienone is 1. The van der Waals surface area contributed by atoms with Crippen molar-refractivity contribution in [1.82, 2.24) is 9.80 Å². The van der Waals surface area contributed by atoms with Crippen LogP contribution in [0.2, 0.25) is 0 Å². The van der Waals surface area contributed by atoms with Gasteiger partial charge in [-0.1, -0.05) is 5.57 Å². The van der Waals surface area contributed by atoms with Crippen molar-refractivity contribution in [3.05, 3.63) is 11.6 Å². The van der Waals surface area contributed by atoms with Crippen molar-refractivity contribution in [2.75, 3.05) is 20.1 Å². The fourth-order valence-electron chi connectivity index (χ4n) is 2.08. The first-order chi connectivity index (χ1) is 9.10. The van der Waals surface area contributed by atoms with Gasteiger partial charge in [-0.3, -0.25) is 4.79 Å². The lowest BCUT2D eigenvalue weighted by Crippen LogP contribution is -2.42. The van der Waals surface area contributed by atoms with Crippen molar-refractivity contribution in [1.29, 1.82) is 0 Å². The molecule has 0 aliphatic carbocycles. The van der Waals surface area contributed by atoms with E-state index in [-0.39, 0.29) is 18.0 Å². The van der Waals surface area contributed by atoms with Gasteiger partial charge >= 0.3 is 6.09 Å². The van der Waals surface area contributed by atoms with Gasteiger partial charge in [0.1, 0.15) is 5.60 Å². The number of carbonyl (C=O) groups excluding carboxylic acids is 2. The van der Waals surface area contributed by atoms with Crippen LogP contribution in [0.15, 0.2) is 11.6 Å². The van der Waals surface area contributed by atoms with Gasteiger partial charge in [0.2, 0.25) is 5.91 Å². The first-order valence-corrected chi connectivity index (χ1v) is 7.00. The molecule has 1 aliphatic heterocycles. The minimum Gasteiger partial charge on any atom is -0.444 e. The summed E-state index contributed by atoms with van der Waals surface area (Å²) >= 11 is 0. The SMILES string of the molecule is CC(C)=CC(=O)N1CC[C@H](N(C)C(=O)OC(C)(C)C)C1. The van der Waals surface area contributed by atoms with Crippen LogP contribution in [0.3, 0.4) is 0 Å². The zero-order chi connectivity index (χ0) is 15.5. The van der Waals surface area contributed by atoms with Crippen molar-refractivity contribution in [2.45, 2.75) is 52.7 Å². The van der Waals surface area contributed by atoms with Gasteiger partial charge in [-0.15, -0.1) is 0 Å². The number of rotatable bonds is 2. The van der Waals surface area contributed by atoms with E-state index in [1.165, 1.54) is 0 Å². The summed E-state index contributed by atoms with van der Waals surface area (Å²) < 4.78 is 5.34. The van der Waals surface area contributed by atoms with E-state index < -0.39 is 5.60 Å². The highest BCUT2D eigenvalue weighted by molar-refractivity contribution is 5.88. The topological polar surface area (TPSA) is 49.9 Å². The summed E-state index contributed by atoms with van der Waals surface area (Å²) in [6, 6.07) is 0.0272. The van der Waals surface area contributed by atoms with Crippen molar-refractivity contribution in [3.8, 4) is 0 Å². The van der Waals surface area contributed by atoms with Gasteiger partial charge in [0, 0.05) is 26.2 Å². The molecular weight excluding hydrogens is 256 g/mol. The number of hydrogen-bond acceptors (Lipinski definition) is 3. The van der Waals surface area contributed by atoms with Crippen LogP contribution in [0.1, 0.15) is 41.0 Å². The summed E-state index contributed by atoms with van der Waals surface area (Å²) in [5.74, 6) is 0.0186. The number of likely N-dealkylation sites (N-methyl/N-ethyl adjacent to an activating group) is 1. The van der Waals surface area contributed by atoms with Crippen LogP contribution in [0.5, 0.6) is 0 Å². The number of hydrogen-bond donors (Lipinski definition) is 0. The molecule has 1 saturated heterocycles. The number of nitrogens with zero attached hydrogens (tertiary/aromatic N) is 2. The summed E-state index contributed by atoms with van der Waals surface area (Å²) in [7, 11) is 1.73. The van der Waals surface area contributed by atoms with E-state index in [4.69, 9.17) is 4.74 Å². The average molecular weight is 282 g/mol. The van der Waals surface area contributed by atoms with Crippen molar-refractivity contribution in [3.63, 3.8) is 0 Å². The quantitative estimate of drug-likeness (QED) is 0.731. The Morgan fingerprint density at radius 3 is 2.40 bits per heavy atom. The van der Waals surface area contributed by atoms with Crippen molar-refractivity contribution in [2.24, 2.45) is 0 Å². The van der Waals surface area contributed by atoms with Crippen LogP contribution in [0.4, 0.5) is 4.79 Å². The van der Waals surface area contributed by atoms with E-state index in [2.05, 4.69) is 0 Å². The summed E-state index contributed by atoms with van der Waals surface area (Å²) in [4.78, 5) is 27.3. The van der Waals surface area contributed by atoms with Gasteiger partial charge in [-0.2, -0.15) is 0 Å². The lowest BCUT2D eigenvalue weighted by Gasteiger charge is -2.28. The van der Waals surface area contributed by atoms with E-state index >= 15 is 0 Å². The molecule has 0 N–H and O–H groups in total. The Morgan fingerprint density at radius 2 is 1.90 bits per heavy atom. The maximum Gasteiger partial charge on any atom is 0.410 e. The Morgan fingerprint density at radius 1 is 1.30 bits per heavy atom. The zero-order valence-electron chi connectivity index (χ0n) is 13.4. The summed E-state index contributed by atoms with van der Waals surface area (Å²) in [6.07, 6.45) is 2.09. The largest absolute Gasteiger partial charge is 0.444 e. The molecule has 0 radical (unpaired) electrons. The standard InChI is InChI=1S/C15H26N2O3/c1-11(2)9-13(18)17-8-7-12(10-17)16(6)14(19)20-15(3,4)5/h9,12H,7-8,10H2,1-6H3/t12-/m0/s1. The normalized spacial score (nSPS) is 18.7. The Labute approximate surface area is 121 Å². The molecule has 0 aromatic heterocycles. The molecule has 1 fully saturated rings. The highest BCUT2D eigenvalue weighted by Gasteiger charge is 2.32. The molecule has 1 rings (SSSR count). The summed E-state index contributed by atoms with van der Waals surface area (Å²) in [6.45, 7) is 10.6. The molecule has 1 heterocycles. The van der Waals surface area contributed by atoms with E-state index in [0.717, 1.165) is 12.0 Å². The van der Waals surface area contributed by atoms with Gasteiger partial charge in [0.25, 0.3) is 0 Å². The molecule has 0 spiro atoms. The van der Waals surface area contributed by atoms with E-state index in [9.17, 15) is 9.59 Å². The van der Waals surface area contributed by atoms with Crippen LogP contribution in [0.25, 0.3) is 0 Å². The molecule has 5 nitrogen and oxygen atoms in total. The minimum absolute atomic E-state index is 0.0186. The van der Waals surface area contributed by atoms with Gasteiger partial charge in [-0.05, 0) is 41.0 Å². The summed E-state index contributed by atoms with van der Waals surface area (Å²) in [5.41, 5.74) is 0.487. The van der Waals surface area contributed by atoms with Crippen molar-refractivity contribution >= 4 is 12.0 Å². The van der Waals surface area contributed by atoms with Crippen molar-refractivity contribution < 1.29 is 14.3 Å². The minimum atomic E-state index is -0.498. The Hall–Kier alpha value is -1.52. The first kappa shape index (κ1) is 16.5. The molecule has 1 atom stereocenters. The Kier molecular flexibility index (Phi) is 5.20. The smallest absolute Gasteiger partial charge is 0.410 e. The maximum atomic E-state index is 12.0. The molecule has 20 heavy (non-hydrogen) atoms. The molecule has 0 aromatic carbocycles. The number of carbonyl (C=O) groups is 2. The lowest BCUT2D eigenvalue weighted by molar-refractivity contribution is -0.125. The molecule has 0 bridgehead atoms. The molecular formula is C15H26N2O3. The second kappa shape index (κ2) is 6.29. The second-order valence-electron chi connectivity index (χ2n) is 6.54. The third-order valence-electron chi connectivity index (χ3n) is 3.12. The van der Waals surface area contributed by atoms with E-state index in [0.29, 0.717) is 13.1 Å². The molecule has 5 heteroatoms. The number of ether oxygens (including phenoxy) is 1. The third-order valence-corrected chi connectivity index (χ3v) is 3.12. The molecule has 2 amide bonds. The number of likely N-dealkylation sites (tertiary alicyclic amines) is 1. The molecule has 114 valence electrons. The molecule has 0 unspecified atom stereocenters. The first-order valence-electron chi connectivity index (χ1n) is 7.00. The second-order valence-corrected chi connectivity index (χ2v) is 6.54. The third kappa shape index (κ3) is 4.87. The van der Waals surface area contributed by atoms with E-state index in [1.807, 2.05) is 34.6 Å². The van der Waals surface area contributed by atoms with Crippen LogP contribution >= 0.6 is 0 Å². The monoisotopic (exact) mass is 282 g/mol. The molecule has 0 saturated carbocycles. The fourth-order valence-corrected chi connectivity index (χ4v) is 2.08. The lowest BCUT2D eigenvalue weighted by atomic mass is 10.2. The molecule has 0 aromatic rings. The van der Waals surface area contributed by atoms with Crippen LogP contribution in [-0.4, -0.2) is 53.6 Å². The Balaban J connectivity index is 2.57. The number of amides is 2. The van der Waals surface area contributed by atoms with Gasteiger partial charge in [0.05, 0.1) is 6.04 Å². The van der Waals surface area contributed by atoms with Gasteiger partial charge in [-0.25, -0.2) is 4.79 Å². The van der Waals surface area contributed by atoms with Gasteiger partial charge in [0.15, 0.2) is 0 Å². The predicted molar refractivity (Wildman–Crippen MR) is 78.4 cm³/mol. The summed E-state index contributed by atoms with van der Waals surface area (Å²) in [5, 5.41) is 0. The van der Waals surface area contributed by atoms with Crippen LogP contribution < -0.4 is 0 Å². The fraction of sp³-hybridized carbons (Fsp3) is 0.733. The van der Waals surface area contributed by atoms with E-state index in [1.54, 1.807) is 22.9 Å². The highest BCUT2D eigenvalue weighted by Crippen LogP contribution is 2.18. The predicted octanol–water partition coefficient (Wildman–Crippen LogP) is 2.42. The van der Waals surface area contributed by atoms with Crippen LogP contribution in [-0.2, 0) is 9.53 Å². The maximum absolute atomic E-state index is 12.0. The Bertz CT molecular complexity index is 406. The van der Waals surface area contributed by atoms with Gasteiger partial charge < -0.3 is 14.5 Å². The zero-order valence-corrected chi connectivity index (χ0v) is 13.4.